The molecule has 0 atom stereocenters. The number of hydrogen-bond donors (Lipinski definition) is 2. The first-order valence-electron chi connectivity index (χ1n) is 9.12. The van der Waals surface area contributed by atoms with Gasteiger partial charge in [-0.25, -0.2) is 0 Å². The number of rotatable bonds is 6. The number of hydrazine groups is 1. The van der Waals surface area contributed by atoms with E-state index < -0.39 is 11.8 Å². The van der Waals surface area contributed by atoms with Crippen LogP contribution in [0.5, 0.6) is 11.5 Å². The molecule has 0 saturated carbocycles. The predicted octanol–water partition coefficient (Wildman–Crippen LogP) is 4.48. The third-order valence-electron chi connectivity index (χ3n) is 4.31. The molecule has 2 amide bonds. The normalized spacial score (nSPS) is 10.5. The molecule has 0 bridgehead atoms. The lowest BCUT2D eigenvalue weighted by Crippen LogP contribution is -2.45. The minimum absolute atomic E-state index is 0.252. The molecule has 156 valence electrons. The molecule has 0 aliphatic heterocycles. The molecular formula is C22H20BrClN2O4. The molecule has 0 spiro atoms. The summed E-state index contributed by atoms with van der Waals surface area (Å²) in [6.45, 7) is 3.21. The van der Waals surface area contributed by atoms with E-state index in [4.69, 9.17) is 21.1 Å². The highest BCUT2D eigenvalue weighted by Crippen LogP contribution is 2.33. The molecule has 0 aliphatic rings. The fourth-order valence-electron chi connectivity index (χ4n) is 2.82. The summed E-state index contributed by atoms with van der Waals surface area (Å²) in [7, 11) is 0. The van der Waals surface area contributed by atoms with Crippen molar-refractivity contribution in [3.8, 4) is 11.5 Å². The predicted molar refractivity (Wildman–Crippen MR) is 120 cm³/mol. The number of carbonyl (C=O) groups excluding carboxylic acids is 2. The Labute approximate surface area is 187 Å². The topological polar surface area (TPSA) is 76.7 Å². The quantitative estimate of drug-likeness (QED) is 0.499. The largest absolute Gasteiger partial charge is 0.484 e. The number of fused-ring (bicyclic) bond motifs is 1. The van der Waals surface area contributed by atoms with Crippen LogP contribution >= 0.6 is 27.5 Å². The minimum atomic E-state index is -0.500. The summed E-state index contributed by atoms with van der Waals surface area (Å²) < 4.78 is 11.8. The maximum absolute atomic E-state index is 12.0. The molecule has 0 aliphatic carbocycles. The smallest absolute Gasteiger partial charge is 0.276 e. The molecule has 0 heterocycles. The molecule has 0 radical (unpaired) electrons. The van der Waals surface area contributed by atoms with Gasteiger partial charge in [-0.15, -0.1) is 0 Å². The molecule has 6 nitrogen and oxygen atoms in total. The maximum atomic E-state index is 12.0. The van der Waals surface area contributed by atoms with Crippen LogP contribution in [0.3, 0.4) is 0 Å². The summed E-state index contributed by atoms with van der Waals surface area (Å²) in [6, 6.07) is 15.0. The molecule has 0 fully saturated rings. The van der Waals surface area contributed by atoms with E-state index in [0.29, 0.717) is 16.5 Å². The number of hydrogen-bond acceptors (Lipinski definition) is 4. The lowest BCUT2D eigenvalue weighted by molar-refractivity contribution is -0.131. The van der Waals surface area contributed by atoms with Crippen LogP contribution in [-0.2, 0) is 9.59 Å². The zero-order valence-corrected chi connectivity index (χ0v) is 18.8. The Morgan fingerprint density at radius 2 is 1.53 bits per heavy atom. The number of benzene rings is 3. The molecular weight excluding hydrogens is 472 g/mol. The van der Waals surface area contributed by atoms with Crippen molar-refractivity contribution < 1.29 is 19.1 Å². The van der Waals surface area contributed by atoms with Gasteiger partial charge in [-0.05, 0) is 69.9 Å². The monoisotopic (exact) mass is 490 g/mol. The van der Waals surface area contributed by atoms with Crippen LogP contribution < -0.4 is 20.3 Å². The number of ether oxygens (including phenoxy) is 2. The van der Waals surface area contributed by atoms with Gasteiger partial charge in [0.1, 0.15) is 11.5 Å². The SMILES string of the molecule is Cc1cc(OCC(=O)NNC(=O)COc2ccc3ccccc3c2Br)cc(C)c1Cl. The number of aryl methyl sites for hydroxylation is 2. The first kappa shape index (κ1) is 21.9. The molecule has 0 saturated heterocycles. The van der Waals surface area contributed by atoms with Gasteiger partial charge >= 0.3 is 0 Å². The molecule has 30 heavy (non-hydrogen) atoms. The average molecular weight is 492 g/mol. The fraction of sp³-hybridized carbons (Fsp3) is 0.182. The maximum Gasteiger partial charge on any atom is 0.276 e. The molecule has 0 aromatic heterocycles. The van der Waals surface area contributed by atoms with E-state index in [-0.39, 0.29) is 13.2 Å². The van der Waals surface area contributed by atoms with Crippen LogP contribution in [0.2, 0.25) is 5.02 Å². The van der Waals surface area contributed by atoms with Crippen molar-refractivity contribution in [3.63, 3.8) is 0 Å². The van der Waals surface area contributed by atoms with Crippen LogP contribution in [0, 0.1) is 13.8 Å². The molecule has 8 heteroatoms. The Balaban J connectivity index is 1.45. The van der Waals surface area contributed by atoms with E-state index >= 15 is 0 Å². The van der Waals surface area contributed by atoms with Crippen LogP contribution in [0.15, 0.2) is 53.0 Å². The van der Waals surface area contributed by atoms with Crippen molar-refractivity contribution in [2.75, 3.05) is 13.2 Å². The summed E-state index contributed by atoms with van der Waals surface area (Å²) in [5.74, 6) is 0.0643. The van der Waals surface area contributed by atoms with Crippen molar-refractivity contribution in [2.24, 2.45) is 0 Å². The summed E-state index contributed by atoms with van der Waals surface area (Å²) in [4.78, 5) is 23.9. The summed E-state index contributed by atoms with van der Waals surface area (Å²) in [5.41, 5.74) is 6.31. The van der Waals surface area contributed by atoms with Crippen LogP contribution in [0.4, 0.5) is 0 Å². The molecule has 2 N–H and O–H groups in total. The Bertz CT molecular complexity index is 1080. The van der Waals surface area contributed by atoms with Gasteiger partial charge in [0, 0.05) is 5.02 Å². The molecule has 3 aromatic rings. The highest BCUT2D eigenvalue weighted by Gasteiger charge is 2.10. The zero-order valence-electron chi connectivity index (χ0n) is 16.4. The third kappa shape index (κ3) is 5.43. The Hall–Kier alpha value is -2.77. The number of nitrogens with one attached hydrogen (secondary N) is 2. The van der Waals surface area contributed by atoms with Crippen LogP contribution in [-0.4, -0.2) is 25.0 Å². The Kier molecular flexibility index (Phi) is 7.18. The number of carbonyl (C=O) groups is 2. The van der Waals surface area contributed by atoms with E-state index in [2.05, 4.69) is 26.8 Å². The van der Waals surface area contributed by atoms with Gasteiger partial charge in [0.15, 0.2) is 13.2 Å². The van der Waals surface area contributed by atoms with Gasteiger partial charge in [0.2, 0.25) is 0 Å². The Morgan fingerprint density at radius 1 is 0.933 bits per heavy atom. The van der Waals surface area contributed by atoms with Crippen molar-refractivity contribution in [1.82, 2.24) is 10.9 Å². The van der Waals surface area contributed by atoms with Crippen molar-refractivity contribution in [2.45, 2.75) is 13.8 Å². The lowest BCUT2D eigenvalue weighted by Gasteiger charge is -2.12. The molecule has 3 aromatic carbocycles. The van der Waals surface area contributed by atoms with Crippen LogP contribution in [0.25, 0.3) is 10.8 Å². The van der Waals surface area contributed by atoms with E-state index in [1.807, 2.05) is 44.2 Å². The van der Waals surface area contributed by atoms with E-state index in [1.165, 1.54) is 0 Å². The second-order valence-corrected chi connectivity index (χ2v) is 7.81. The van der Waals surface area contributed by atoms with Gasteiger partial charge in [-0.3, -0.25) is 20.4 Å². The first-order valence-corrected chi connectivity index (χ1v) is 10.3. The van der Waals surface area contributed by atoms with Crippen molar-refractivity contribution in [3.05, 3.63) is 69.2 Å². The number of halogens is 2. The van der Waals surface area contributed by atoms with Crippen LogP contribution in [0.1, 0.15) is 11.1 Å². The lowest BCUT2D eigenvalue weighted by atomic mass is 10.1. The standard InChI is InChI=1S/C22H20BrClN2O4/c1-13-9-16(10-14(2)22(13)24)29-11-19(27)25-26-20(28)12-30-18-8-7-15-5-3-4-6-17(15)21(18)23/h3-10H,11-12H2,1-2H3,(H,25,27)(H,26,28). The van der Waals surface area contributed by atoms with Gasteiger partial charge < -0.3 is 9.47 Å². The second kappa shape index (κ2) is 9.82. The third-order valence-corrected chi connectivity index (χ3v) is 5.72. The van der Waals surface area contributed by atoms with E-state index in [0.717, 1.165) is 26.4 Å². The van der Waals surface area contributed by atoms with Gasteiger partial charge in [0.25, 0.3) is 11.8 Å². The fourth-order valence-corrected chi connectivity index (χ4v) is 3.54. The highest BCUT2D eigenvalue weighted by atomic mass is 79.9. The van der Waals surface area contributed by atoms with Crippen molar-refractivity contribution in [1.29, 1.82) is 0 Å². The Morgan fingerprint density at radius 3 is 2.20 bits per heavy atom. The minimum Gasteiger partial charge on any atom is -0.484 e. The number of amides is 2. The molecule has 3 rings (SSSR count). The van der Waals surface area contributed by atoms with E-state index in [9.17, 15) is 9.59 Å². The van der Waals surface area contributed by atoms with Crippen molar-refractivity contribution >= 4 is 50.1 Å². The highest BCUT2D eigenvalue weighted by molar-refractivity contribution is 9.10. The molecule has 0 unspecified atom stereocenters. The van der Waals surface area contributed by atoms with E-state index in [1.54, 1.807) is 18.2 Å². The van der Waals surface area contributed by atoms with Gasteiger partial charge in [-0.2, -0.15) is 0 Å². The van der Waals surface area contributed by atoms with Gasteiger partial charge in [0.05, 0.1) is 4.47 Å². The summed E-state index contributed by atoms with van der Waals surface area (Å²) >= 11 is 9.61. The second-order valence-electron chi connectivity index (χ2n) is 6.64. The zero-order chi connectivity index (χ0) is 21.7. The first-order chi connectivity index (χ1) is 14.3. The summed E-state index contributed by atoms with van der Waals surface area (Å²) in [5, 5.41) is 2.70. The summed E-state index contributed by atoms with van der Waals surface area (Å²) in [6.07, 6.45) is 0. The van der Waals surface area contributed by atoms with Gasteiger partial charge in [-0.1, -0.05) is 41.9 Å². The average Bonchev–Trinajstić information content (AvgIpc) is 2.74.